The van der Waals surface area contributed by atoms with Crippen molar-refractivity contribution >= 4 is 6.03 Å². The number of carbonyl (C=O) groups excluding carboxylic acids is 1. The van der Waals surface area contributed by atoms with Crippen LogP contribution in [0, 0.1) is 13.8 Å². The molecule has 0 aromatic carbocycles. The zero-order valence-corrected chi connectivity index (χ0v) is 13.3. The highest BCUT2D eigenvalue weighted by Crippen LogP contribution is 2.21. The Labute approximate surface area is 129 Å². The van der Waals surface area contributed by atoms with Crippen molar-refractivity contribution in [3.63, 3.8) is 0 Å². The number of hydrogen-bond donors (Lipinski definition) is 3. The summed E-state index contributed by atoms with van der Waals surface area (Å²) in [5.74, 6) is 1.14. The molecule has 0 saturated heterocycles. The molecule has 2 aromatic rings. The molecular formula is C15H22N4O3. The van der Waals surface area contributed by atoms with Crippen molar-refractivity contribution in [2.45, 2.75) is 32.9 Å². The van der Waals surface area contributed by atoms with Gasteiger partial charge in [-0.2, -0.15) is 5.10 Å². The summed E-state index contributed by atoms with van der Waals surface area (Å²) < 4.78 is 7.14. The fourth-order valence-electron chi connectivity index (χ4n) is 2.02. The van der Waals surface area contributed by atoms with Crippen molar-refractivity contribution in [3.8, 4) is 0 Å². The van der Waals surface area contributed by atoms with Gasteiger partial charge in [0.2, 0.25) is 0 Å². The Hall–Kier alpha value is -2.28. The number of aryl methyl sites for hydroxylation is 2. The Morgan fingerprint density at radius 3 is 2.68 bits per heavy atom. The highest BCUT2D eigenvalue weighted by molar-refractivity contribution is 5.73. The van der Waals surface area contributed by atoms with Crippen LogP contribution in [0.5, 0.6) is 0 Å². The molecule has 120 valence electrons. The first kappa shape index (κ1) is 16.1. The number of rotatable bonds is 5. The summed E-state index contributed by atoms with van der Waals surface area (Å²) in [5, 5.41) is 19.8. The summed E-state index contributed by atoms with van der Waals surface area (Å²) >= 11 is 0. The Kier molecular flexibility index (Phi) is 4.56. The minimum atomic E-state index is -1.25. The lowest BCUT2D eigenvalue weighted by molar-refractivity contribution is 0.0359. The number of aromatic nitrogens is 2. The van der Waals surface area contributed by atoms with E-state index in [1.54, 1.807) is 36.9 Å². The van der Waals surface area contributed by atoms with Gasteiger partial charge in [0.15, 0.2) is 0 Å². The summed E-state index contributed by atoms with van der Waals surface area (Å²) in [5.41, 5.74) is 0.694. The van der Waals surface area contributed by atoms with Gasteiger partial charge in [0.05, 0.1) is 12.7 Å². The maximum atomic E-state index is 11.8. The lowest BCUT2D eigenvalue weighted by Gasteiger charge is -2.21. The second-order valence-corrected chi connectivity index (χ2v) is 5.60. The third kappa shape index (κ3) is 3.67. The van der Waals surface area contributed by atoms with E-state index in [4.69, 9.17) is 4.42 Å². The molecule has 0 bridgehead atoms. The molecule has 7 heteroatoms. The first-order valence-electron chi connectivity index (χ1n) is 7.08. The van der Waals surface area contributed by atoms with E-state index in [1.165, 1.54) is 0 Å². The van der Waals surface area contributed by atoms with Gasteiger partial charge in [-0.3, -0.25) is 4.68 Å². The van der Waals surface area contributed by atoms with Gasteiger partial charge < -0.3 is 20.2 Å². The molecule has 1 atom stereocenters. The lowest BCUT2D eigenvalue weighted by Crippen LogP contribution is -2.43. The summed E-state index contributed by atoms with van der Waals surface area (Å²) in [4.78, 5) is 11.8. The molecule has 0 saturated carbocycles. The predicted molar refractivity (Wildman–Crippen MR) is 81.2 cm³/mol. The quantitative estimate of drug-likeness (QED) is 0.777. The number of urea groups is 1. The van der Waals surface area contributed by atoms with Crippen LogP contribution >= 0.6 is 0 Å². The van der Waals surface area contributed by atoms with Crippen molar-refractivity contribution in [2.75, 3.05) is 6.54 Å². The van der Waals surface area contributed by atoms with Crippen molar-refractivity contribution in [2.24, 2.45) is 7.05 Å². The molecule has 2 aromatic heterocycles. The molecule has 0 aliphatic carbocycles. The number of nitrogens with one attached hydrogen (secondary N) is 2. The number of hydrogen-bond acceptors (Lipinski definition) is 4. The van der Waals surface area contributed by atoms with Crippen LogP contribution in [0.15, 0.2) is 22.7 Å². The first-order valence-corrected chi connectivity index (χ1v) is 7.08. The number of aliphatic hydroxyl groups is 1. The van der Waals surface area contributed by atoms with Gasteiger partial charge in [-0.15, -0.1) is 0 Å². The molecule has 0 spiro atoms. The molecule has 7 nitrogen and oxygen atoms in total. The van der Waals surface area contributed by atoms with Crippen LogP contribution in [0.1, 0.15) is 29.7 Å². The van der Waals surface area contributed by atoms with Crippen molar-refractivity contribution in [3.05, 3.63) is 41.1 Å². The monoisotopic (exact) mass is 306 g/mol. The molecular weight excluding hydrogens is 284 g/mol. The second kappa shape index (κ2) is 6.23. The van der Waals surface area contributed by atoms with Crippen LogP contribution in [0.3, 0.4) is 0 Å². The van der Waals surface area contributed by atoms with Gasteiger partial charge in [0, 0.05) is 24.8 Å². The SMILES string of the molecule is Cc1ccc(C(C)(O)CNC(=O)NCc2cnn(C)c2C)o1. The van der Waals surface area contributed by atoms with Crippen LogP contribution in [-0.4, -0.2) is 27.5 Å². The maximum Gasteiger partial charge on any atom is 0.315 e. The van der Waals surface area contributed by atoms with Gasteiger partial charge in [-0.05, 0) is 32.9 Å². The Bertz CT molecular complexity index is 658. The van der Waals surface area contributed by atoms with Gasteiger partial charge in [0.25, 0.3) is 0 Å². The van der Waals surface area contributed by atoms with Crippen LogP contribution in [0.4, 0.5) is 4.79 Å². The highest BCUT2D eigenvalue weighted by Gasteiger charge is 2.27. The molecule has 1 unspecified atom stereocenters. The molecule has 3 N–H and O–H groups in total. The summed E-state index contributed by atoms with van der Waals surface area (Å²) in [6.07, 6.45) is 1.72. The standard InChI is InChI=1S/C15H22N4O3/c1-10-5-6-13(22-10)15(3,21)9-17-14(20)16-7-12-8-18-19(4)11(12)2/h5-6,8,21H,7,9H2,1-4H3,(H2,16,17,20). The number of furan rings is 1. The van der Waals surface area contributed by atoms with E-state index < -0.39 is 5.60 Å². The molecule has 2 amide bonds. The molecule has 2 heterocycles. The van der Waals surface area contributed by atoms with Gasteiger partial charge in [-0.25, -0.2) is 4.79 Å². The van der Waals surface area contributed by atoms with Gasteiger partial charge >= 0.3 is 6.03 Å². The Morgan fingerprint density at radius 2 is 2.14 bits per heavy atom. The minimum Gasteiger partial charge on any atom is -0.463 e. The molecule has 0 aliphatic rings. The summed E-state index contributed by atoms with van der Waals surface area (Å²) in [6, 6.07) is 3.12. The third-order valence-corrected chi connectivity index (χ3v) is 3.64. The highest BCUT2D eigenvalue weighted by atomic mass is 16.4. The number of amides is 2. The normalized spacial score (nSPS) is 13.7. The lowest BCUT2D eigenvalue weighted by atomic mass is 10.0. The van der Waals surface area contributed by atoms with Gasteiger partial charge in [-0.1, -0.05) is 0 Å². The molecule has 0 fully saturated rings. The summed E-state index contributed by atoms with van der Waals surface area (Å²) in [7, 11) is 1.85. The van der Waals surface area contributed by atoms with Crippen molar-refractivity contribution < 1.29 is 14.3 Å². The third-order valence-electron chi connectivity index (χ3n) is 3.64. The number of carbonyl (C=O) groups is 1. The fraction of sp³-hybridized carbons (Fsp3) is 0.467. The maximum absolute atomic E-state index is 11.8. The molecule has 0 aliphatic heterocycles. The topological polar surface area (TPSA) is 92.3 Å². The van der Waals surface area contributed by atoms with Crippen molar-refractivity contribution in [1.82, 2.24) is 20.4 Å². The van der Waals surface area contributed by atoms with E-state index in [-0.39, 0.29) is 12.6 Å². The summed E-state index contributed by atoms with van der Waals surface area (Å²) in [6.45, 7) is 5.77. The van der Waals surface area contributed by atoms with E-state index in [2.05, 4.69) is 15.7 Å². The van der Waals surface area contributed by atoms with Gasteiger partial charge in [0.1, 0.15) is 17.1 Å². The molecule has 2 rings (SSSR count). The van der Waals surface area contributed by atoms with E-state index in [1.807, 2.05) is 14.0 Å². The first-order chi connectivity index (χ1) is 10.3. The van der Waals surface area contributed by atoms with Crippen LogP contribution in [0.2, 0.25) is 0 Å². The average Bonchev–Trinajstić information content (AvgIpc) is 3.03. The fourth-order valence-corrected chi connectivity index (χ4v) is 2.02. The Balaban J connectivity index is 1.83. The smallest absolute Gasteiger partial charge is 0.315 e. The van der Waals surface area contributed by atoms with Crippen LogP contribution in [-0.2, 0) is 19.2 Å². The van der Waals surface area contributed by atoms with Crippen LogP contribution < -0.4 is 10.6 Å². The van der Waals surface area contributed by atoms with E-state index >= 15 is 0 Å². The zero-order valence-electron chi connectivity index (χ0n) is 13.3. The minimum absolute atomic E-state index is 0.0534. The van der Waals surface area contributed by atoms with E-state index in [9.17, 15) is 9.90 Å². The average molecular weight is 306 g/mol. The molecule has 0 radical (unpaired) electrons. The van der Waals surface area contributed by atoms with E-state index in [0.29, 0.717) is 18.1 Å². The zero-order chi connectivity index (χ0) is 16.3. The predicted octanol–water partition coefficient (Wildman–Crippen LogP) is 1.34. The second-order valence-electron chi connectivity index (χ2n) is 5.60. The molecule has 22 heavy (non-hydrogen) atoms. The van der Waals surface area contributed by atoms with E-state index in [0.717, 1.165) is 11.3 Å². The largest absolute Gasteiger partial charge is 0.463 e. The number of nitrogens with zero attached hydrogens (tertiary/aromatic N) is 2. The van der Waals surface area contributed by atoms with Crippen LogP contribution in [0.25, 0.3) is 0 Å². The van der Waals surface area contributed by atoms with Crippen molar-refractivity contribution in [1.29, 1.82) is 0 Å². The Morgan fingerprint density at radius 1 is 1.41 bits per heavy atom.